The summed E-state index contributed by atoms with van der Waals surface area (Å²) in [4.78, 5) is 40.5. The van der Waals surface area contributed by atoms with Gasteiger partial charge in [-0.25, -0.2) is 4.98 Å². The van der Waals surface area contributed by atoms with E-state index >= 15 is 0 Å². The number of rotatable bonds is 9. The lowest BCUT2D eigenvalue weighted by molar-refractivity contribution is -0.139. The number of aryl methyl sites for hydroxylation is 1. The van der Waals surface area contributed by atoms with E-state index in [1.54, 1.807) is 43.3 Å². The largest absolute Gasteiger partial charge is 0.480 e. The van der Waals surface area contributed by atoms with E-state index in [4.69, 9.17) is 5.11 Å². The second kappa shape index (κ2) is 11.9. The first-order valence-electron chi connectivity index (χ1n) is 13.3. The number of fused-ring (bicyclic) bond motifs is 1. The first-order chi connectivity index (χ1) is 20.9. The predicted octanol–water partition coefficient (Wildman–Crippen LogP) is 5.14. The van der Waals surface area contributed by atoms with Crippen LogP contribution in [0, 0.1) is 6.92 Å². The van der Waals surface area contributed by atoms with Crippen molar-refractivity contribution < 1.29 is 32.7 Å². The smallest absolute Gasteiger partial charge is 0.416 e. The molecule has 0 aliphatic heterocycles. The highest BCUT2D eigenvalue weighted by Crippen LogP contribution is 2.32. The van der Waals surface area contributed by atoms with Crippen LogP contribution in [0.2, 0.25) is 0 Å². The Bertz CT molecular complexity index is 1880. The molecule has 0 aliphatic rings. The number of nitrogens with zero attached hydrogens (tertiary/aromatic N) is 3. The number of halogens is 3. The number of carbonyl (C=O) groups excluding carboxylic acids is 2. The van der Waals surface area contributed by atoms with Crippen molar-refractivity contribution in [2.75, 3.05) is 10.6 Å². The number of imidazole rings is 1. The quantitative estimate of drug-likeness (QED) is 0.156. The van der Waals surface area contributed by atoms with Gasteiger partial charge in [0.2, 0.25) is 0 Å². The van der Waals surface area contributed by atoms with E-state index in [2.05, 4.69) is 31.1 Å². The summed E-state index contributed by atoms with van der Waals surface area (Å²) in [7, 11) is 0. The molecule has 5 N–H and O–H groups in total. The normalized spacial score (nSPS) is 12.1. The van der Waals surface area contributed by atoms with Gasteiger partial charge in [0.05, 0.1) is 17.4 Å². The molecular formula is C30H26F3N7O4. The number of alkyl halides is 3. The van der Waals surface area contributed by atoms with Crippen molar-refractivity contribution in [3.63, 3.8) is 0 Å². The molecule has 1 atom stereocenters. The average molecular weight is 606 g/mol. The zero-order valence-corrected chi connectivity index (χ0v) is 23.4. The Kier molecular flexibility index (Phi) is 8.07. The number of carboxylic acids is 1. The summed E-state index contributed by atoms with van der Waals surface area (Å²) in [5.74, 6) is -2.50. The highest BCUT2D eigenvalue weighted by atomic mass is 19.4. The minimum atomic E-state index is -4.66. The number of aromatic nitrogens is 4. The maximum Gasteiger partial charge on any atom is 0.416 e. The van der Waals surface area contributed by atoms with Gasteiger partial charge in [-0.1, -0.05) is 12.1 Å². The summed E-state index contributed by atoms with van der Waals surface area (Å²) >= 11 is 0. The van der Waals surface area contributed by atoms with Gasteiger partial charge in [-0.05, 0) is 67.9 Å². The number of carboxylic acid groups (broad SMARTS) is 1. The number of anilines is 2. The fraction of sp³-hybridized carbons (Fsp3) is 0.167. The van der Waals surface area contributed by atoms with E-state index in [9.17, 15) is 27.6 Å². The van der Waals surface area contributed by atoms with Gasteiger partial charge in [-0.3, -0.25) is 19.5 Å². The Labute approximate surface area is 248 Å². The van der Waals surface area contributed by atoms with Crippen LogP contribution >= 0.6 is 0 Å². The Hall–Kier alpha value is -5.66. The second-order valence-corrected chi connectivity index (χ2v) is 10.0. The Morgan fingerprint density at radius 3 is 2.52 bits per heavy atom. The lowest BCUT2D eigenvalue weighted by Crippen LogP contribution is -2.38. The molecule has 2 aromatic heterocycles. The van der Waals surface area contributed by atoms with Gasteiger partial charge < -0.3 is 25.6 Å². The number of benzene rings is 3. The van der Waals surface area contributed by atoms with E-state index in [0.717, 1.165) is 17.7 Å². The summed E-state index contributed by atoms with van der Waals surface area (Å²) in [6, 6.07) is 14.1. The highest BCUT2D eigenvalue weighted by Gasteiger charge is 2.32. The van der Waals surface area contributed by atoms with Crippen molar-refractivity contribution in [2.45, 2.75) is 32.6 Å². The molecular weight excluding hydrogens is 579 g/mol. The SMILES string of the molecule is Cc1cncn1-c1cc(C(=O)Nc2cccc(CNc3ccc4c(C(=O)N[C@@H](C)C(=O)O)n[nH]c4c3)c2)cc(C(F)(F)F)c1. The topological polar surface area (TPSA) is 154 Å². The molecule has 0 aliphatic carbocycles. The molecule has 0 saturated carbocycles. The van der Waals surface area contributed by atoms with Crippen LogP contribution in [0.3, 0.4) is 0 Å². The third-order valence-corrected chi connectivity index (χ3v) is 6.79. The van der Waals surface area contributed by atoms with Crippen molar-refractivity contribution in [3.8, 4) is 5.69 Å². The van der Waals surface area contributed by atoms with Gasteiger partial charge >= 0.3 is 12.1 Å². The summed E-state index contributed by atoms with van der Waals surface area (Å²) in [5, 5.41) is 24.6. The molecule has 0 unspecified atom stereocenters. The Morgan fingerprint density at radius 1 is 1.02 bits per heavy atom. The molecule has 2 heterocycles. The third-order valence-electron chi connectivity index (χ3n) is 6.79. The zero-order chi connectivity index (χ0) is 31.6. The maximum atomic E-state index is 13.6. The molecule has 11 nitrogen and oxygen atoms in total. The van der Waals surface area contributed by atoms with Crippen molar-refractivity contribution in [3.05, 3.63) is 101 Å². The van der Waals surface area contributed by atoms with Crippen LogP contribution < -0.4 is 16.0 Å². The second-order valence-electron chi connectivity index (χ2n) is 10.0. The van der Waals surface area contributed by atoms with E-state index in [1.807, 2.05) is 6.07 Å². The number of aromatic amines is 1. The lowest BCUT2D eigenvalue weighted by Gasteiger charge is -2.14. The predicted molar refractivity (Wildman–Crippen MR) is 156 cm³/mol. The maximum absolute atomic E-state index is 13.6. The van der Waals surface area contributed by atoms with E-state index in [0.29, 0.717) is 34.5 Å². The van der Waals surface area contributed by atoms with Crippen molar-refractivity contribution in [1.82, 2.24) is 25.1 Å². The summed E-state index contributed by atoms with van der Waals surface area (Å²) in [5.41, 5.74) is 2.12. The molecule has 5 rings (SSSR count). The van der Waals surface area contributed by atoms with Crippen LogP contribution in [0.1, 0.15) is 44.6 Å². The van der Waals surface area contributed by atoms with Gasteiger partial charge in [-0.15, -0.1) is 0 Å². The highest BCUT2D eigenvalue weighted by molar-refractivity contribution is 6.06. The molecule has 14 heteroatoms. The average Bonchev–Trinajstić information content (AvgIpc) is 3.61. The molecule has 0 spiro atoms. The minimum Gasteiger partial charge on any atom is -0.480 e. The number of nitrogens with one attached hydrogen (secondary N) is 4. The van der Waals surface area contributed by atoms with Crippen LogP contribution in [0.25, 0.3) is 16.6 Å². The molecule has 0 fully saturated rings. The van der Waals surface area contributed by atoms with E-state index in [1.165, 1.54) is 30.1 Å². The first-order valence-corrected chi connectivity index (χ1v) is 13.3. The van der Waals surface area contributed by atoms with E-state index < -0.39 is 35.6 Å². The Balaban J connectivity index is 1.28. The molecule has 44 heavy (non-hydrogen) atoms. The Morgan fingerprint density at radius 2 is 1.82 bits per heavy atom. The molecule has 226 valence electrons. The van der Waals surface area contributed by atoms with Gasteiger partial charge in [0.25, 0.3) is 11.8 Å². The summed E-state index contributed by atoms with van der Waals surface area (Å²) in [6.07, 6.45) is -1.77. The standard InChI is InChI=1S/C30H26F3N7O4/c1-16-13-34-15-40(16)23-10-19(9-20(11-23)30(31,32)33)27(41)37-22-5-3-4-18(8-22)14-35-21-6-7-24-25(12-21)38-39-26(24)28(42)36-17(2)29(43)44/h3-13,15,17,35H,14H2,1-2H3,(H,36,42)(H,37,41)(H,38,39)(H,43,44)/t17-/m0/s1. The van der Waals surface area contributed by atoms with Crippen LogP contribution in [0.4, 0.5) is 24.5 Å². The monoisotopic (exact) mass is 605 g/mol. The first kappa shape index (κ1) is 29.8. The van der Waals surface area contributed by atoms with Crippen LogP contribution in [-0.4, -0.2) is 48.7 Å². The van der Waals surface area contributed by atoms with Crippen LogP contribution in [0.5, 0.6) is 0 Å². The van der Waals surface area contributed by atoms with Gasteiger partial charge in [0, 0.05) is 46.4 Å². The molecule has 3 aromatic carbocycles. The van der Waals surface area contributed by atoms with Gasteiger partial charge in [0.15, 0.2) is 5.69 Å². The fourth-order valence-electron chi connectivity index (χ4n) is 4.47. The van der Waals surface area contributed by atoms with Crippen molar-refractivity contribution in [1.29, 1.82) is 0 Å². The molecule has 0 saturated heterocycles. The minimum absolute atomic E-state index is 0.0659. The van der Waals surface area contributed by atoms with Crippen LogP contribution in [0.15, 0.2) is 73.2 Å². The number of aliphatic carboxylic acids is 1. The molecule has 5 aromatic rings. The van der Waals surface area contributed by atoms with E-state index in [-0.39, 0.29) is 16.9 Å². The number of carbonyl (C=O) groups is 3. The van der Waals surface area contributed by atoms with Crippen LogP contribution in [-0.2, 0) is 17.5 Å². The summed E-state index contributed by atoms with van der Waals surface area (Å²) in [6.45, 7) is 3.38. The summed E-state index contributed by atoms with van der Waals surface area (Å²) < 4.78 is 42.4. The zero-order valence-electron chi connectivity index (χ0n) is 23.4. The number of hydrogen-bond donors (Lipinski definition) is 5. The molecule has 0 radical (unpaired) electrons. The third kappa shape index (κ3) is 6.53. The number of H-pyrrole nitrogens is 1. The van der Waals surface area contributed by atoms with Gasteiger partial charge in [-0.2, -0.15) is 18.3 Å². The lowest BCUT2D eigenvalue weighted by atomic mass is 10.1. The number of hydrogen-bond acceptors (Lipinski definition) is 6. The molecule has 0 bridgehead atoms. The fourth-order valence-corrected chi connectivity index (χ4v) is 4.47. The molecule has 2 amide bonds. The van der Waals surface area contributed by atoms with Crippen molar-refractivity contribution >= 4 is 40.1 Å². The number of amides is 2. The van der Waals surface area contributed by atoms with Crippen molar-refractivity contribution in [2.24, 2.45) is 0 Å². The van der Waals surface area contributed by atoms with Gasteiger partial charge in [0.1, 0.15) is 6.04 Å².